The molecular weight excluding hydrogens is 319 g/mol. The number of oxime groups is 1. The van der Waals surface area contributed by atoms with Gasteiger partial charge in [0.2, 0.25) is 0 Å². The number of thiazole rings is 1. The van der Waals surface area contributed by atoms with Gasteiger partial charge in [-0.1, -0.05) is 5.16 Å². The molecule has 1 heterocycles. The molecule has 0 spiro atoms. The van der Waals surface area contributed by atoms with E-state index in [2.05, 4.69) is 15.0 Å². The SMILES string of the molecule is Cc1nc(C(N)=NOC(=O)c2ccc(C(F)(F)F)cc2)cs1. The number of hydrogen-bond acceptors (Lipinski definition) is 5. The van der Waals surface area contributed by atoms with Crippen LogP contribution in [0.4, 0.5) is 13.2 Å². The number of aromatic nitrogens is 1. The first kappa shape index (κ1) is 16.0. The van der Waals surface area contributed by atoms with Gasteiger partial charge in [0, 0.05) is 5.38 Å². The van der Waals surface area contributed by atoms with E-state index in [1.165, 1.54) is 11.3 Å². The highest BCUT2D eigenvalue weighted by Crippen LogP contribution is 2.29. The molecule has 22 heavy (non-hydrogen) atoms. The fourth-order valence-electron chi connectivity index (χ4n) is 1.47. The van der Waals surface area contributed by atoms with E-state index in [9.17, 15) is 18.0 Å². The summed E-state index contributed by atoms with van der Waals surface area (Å²) >= 11 is 1.35. The topological polar surface area (TPSA) is 77.6 Å². The summed E-state index contributed by atoms with van der Waals surface area (Å²) in [6.07, 6.45) is -4.46. The Morgan fingerprint density at radius 1 is 1.32 bits per heavy atom. The zero-order valence-electron chi connectivity index (χ0n) is 11.2. The van der Waals surface area contributed by atoms with Gasteiger partial charge < -0.3 is 10.6 Å². The molecule has 0 aliphatic rings. The van der Waals surface area contributed by atoms with Gasteiger partial charge in [0.25, 0.3) is 0 Å². The van der Waals surface area contributed by atoms with Crippen LogP contribution in [0.2, 0.25) is 0 Å². The minimum atomic E-state index is -4.46. The number of benzene rings is 1. The standard InChI is InChI=1S/C13H10F3N3O2S/c1-7-18-10(6-22-7)11(17)19-21-12(20)8-2-4-9(5-3-8)13(14,15)16/h2-6H,1H3,(H2,17,19). The zero-order chi connectivity index (χ0) is 16.3. The first-order valence-electron chi connectivity index (χ1n) is 5.92. The van der Waals surface area contributed by atoms with E-state index in [0.717, 1.165) is 29.3 Å². The number of nitrogens with zero attached hydrogens (tertiary/aromatic N) is 2. The maximum absolute atomic E-state index is 12.4. The predicted octanol–water partition coefficient (Wildman–Crippen LogP) is 2.95. The van der Waals surface area contributed by atoms with Crippen molar-refractivity contribution in [1.29, 1.82) is 0 Å². The van der Waals surface area contributed by atoms with Crippen LogP contribution in [0, 0.1) is 6.92 Å². The third-order valence-corrected chi connectivity index (χ3v) is 3.33. The van der Waals surface area contributed by atoms with Gasteiger partial charge in [-0.3, -0.25) is 0 Å². The van der Waals surface area contributed by atoms with Crippen LogP contribution < -0.4 is 5.73 Å². The van der Waals surface area contributed by atoms with Crippen LogP contribution in [-0.4, -0.2) is 16.8 Å². The summed E-state index contributed by atoms with van der Waals surface area (Å²) < 4.78 is 37.2. The summed E-state index contributed by atoms with van der Waals surface area (Å²) in [7, 11) is 0. The molecule has 2 N–H and O–H groups in total. The Morgan fingerprint density at radius 2 is 1.95 bits per heavy atom. The van der Waals surface area contributed by atoms with Gasteiger partial charge in [-0.15, -0.1) is 11.3 Å². The number of hydrogen-bond donors (Lipinski definition) is 1. The Kier molecular flexibility index (Phi) is 4.45. The van der Waals surface area contributed by atoms with Crippen molar-refractivity contribution in [2.24, 2.45) is 10.9 Å². The lowest BCUT2D eigenvalue weighted by molar-refractivity contribution is -0.137. The van der Waals surface area contributed by atoms with Crippen LogP contribution in [0.25, 0.3) is 0 Å². The average Bonchev–Trinajstić information content (AvgIpc) is 2.90. The normalized spacial score (nSPS) is 12.3. The Hall–Kier alpha value is -2.42. The molecule has 9 heteroatoms. The van der Waals surface area contributed by atoms with Crippen molar-refractivity contribution >= 4 is 23.1 Å². The van der Waals surface area contributed by atoms with Crippen LogP contribution in [0.3, 0.4) is 0 Å². The number of amidine groups is 1. The van der Waals surface area contributed by atoms with E-state index in [0.29, 0.717) is 5.69 Å². The van der Waals surface area contributed by atoms with Gasteiger partial charge in [0.05, 0.1) is 16.1 Å². The van der Waals surface area contributed by atoms with Crippen molar-refractivity contribution in [2.45, 2.75) is 13.1 Å². The Balaban J connectivity index is 2.06. The maximum Gasteiger partial charge on any atom is 0.416 e. The van der Waals surface area contributed by atoms with E-state index >= 15 is 0 Å². The molecule has 0 atom stereocenters. The molecule has 1 aromatic heterocycles. The smallest absolute Gasteiger partial charge is 0.379 e. The molecule has 0 bridgehead atoms. The third-order valence-electron chi connectivity index (χ3n) is 2.56. The summed E-state index contributed by atoms with van der Waals surface area (Å²) in [5, 5.41) is 5.83. The quantitative estimate of drug-likeness (QED) is 0.406. The third kappa shape index (κ3) is 3.82. The second kappa shape index (κ2) is 6.14. The zero-order valence-corrected chi connectivity index (χ0v) is 12.0. The molecule has 0 amide bonds. The second-order valence-electron chi connectivity index (χ2n) is 4.18. The van der Waals surface area contributed by atoms with Gasteiger partial charge in [-0.25, -0.2) is 9.78 Å². The predicted molar refractivity (Wildman–Crippen MR) is 74.4 cm³/mol. The summed E-state index contributed by atoms with van der Waals surface area (Å²) in [5.41, 5.74) is 5.02. The highest BCUT2D eigenvalue weighted by Gasteiger charge is 2.30. The van der Waals surface area contributed by atoms with Gasteiger partial charge in [0.1, 0.15) is 5.69 Å². The highest BCUT2D eigenvalue weighted by molar-refractivity contribution is 7.09. The molecule has 5 nitrogen and oxygen atoms in total. The lowest BCUT2D eigenvalue weighted by Gasteiger charge is -2.06. The lowest BCUT2D eigenvalue weighted by Crippen LogP contribution is -2.15. The van der Waals surface area contributed by atoms with Gasteiger partial charge in [-0.05, 0) is 31.2 Å². The molecule has 116 valence electrons. The van der Waals surface area contributed by atoms with Crippen molar-refractivity contribution in [2.75, 3.05) is 0 Å². The van der Waals surface area contributed by atoms with E-state index in [4.69, 9.17) is 5.73 Å². The number of halogens is 3. The molecule has 0 fully saturated rings. The minimum Gasteiger partial charge on any atom is -0.379 e. The maximum atomic E-state index is 12.4. The molecule has 0 saturated carbocycles. The van der Waals surface area contributed by atoms with Gasteiger partial charge >= 0.3 is 12.1 Å². The number of aryl methyl sites for hydroxylation is 1. The first-order valence-corrected chi connectivity index (χ1v) is 6.80. The molecule has 0 aliphatic carbocycles. The van der Waals surface area contributed by atoms with Crippen molar-refractivity contribution in [3.63, 3.8) is 0 Å². The molecule has 0 radical (unpaired) electrons. The number of carbonyl (C=O) groups is 1. The number of alkyl halides is 3. The van der Waals surface area contributed by atoms with E-state index < -0.39 is 17.7 Å². The number of rotatable bonds is 3. The molecular formula is C13H10F3N3O2S. The number of carbonyl (C=O) groups excluding carboxylic acids is 1. The second-order valence-corrected chi connectivity index (χ2v) is 5.24. The van der Waals surface area contributed by atoms with E-state index in [1.807, 2.05) is 0 Å². The molecule has 2 rings (SSSR count). The van der Waals surface area contributed by atoms with Crippen LogP contribution in [-0.2, 0) is 11.0 Å². The van der Waals surface area contributed by atoms with Crippen molar-refractivity contribution in [3.8, 4) is 0 Å². The summed E-state index contributed by atoms with van der Waals surface area (Å²) in [5.74, 6) is -1.01. The minimum absolute atomic E-state index is 0.0704. The first-order chi connectivity index (χ1) is 10.3. The number of nitrogens with two attached hydrogens (primary N) is 1. The Morgan fingerprint density at radius 3 is 2.45 bits per heavy atom. The largest absolute Gasteiger partial charge is 0.416 e. The molecule has 0 unspecified atom stereocenters. The molecule has 0 saturated heterocycles. The van der Waals surface area contributed by atoms with Crippen LogP contribution in [0.1, 0.15) is 26.6 Å². The summed E-state index contributed by atoms with van der Waals surface area (Å²) in [4.78, 5) is 20.3. The Labute approximate surface area is 127 Å². The van der Waals surface area contributed by atoms with Gasteiger partial charge in [0.15, 0.2) is 5.84 Å². The summed E-state index contributed by atoms with van der Waals surface area (Å²) in [6, 6.07) is 3.58. The van der Waals surface area contributed by atoms with Crippen LogP contribution in [0.5, 0.6) is 0 Å². The lowest BCUT2D eigenvalue weighted by atomic mass is 10.1. The molecule has 2 aromatic rings. The van der Waals surface area contributed by atoms with E-state index in [1.54, 1.807) is 12.3 Å². The average molecular weight is 329 g/mol. The summed E-state index contributed by atoms with van der Waals surface area (Å²) in [6.45, 7) is 1.77. The van der Waals surface area contributed by atoms with Crippen molar-refractivity contribution in [1.82, 2.24) is 4.98 Å². The monoisotopic (exact) mass is 329 g/mol. The fourth-order valence-corrected chi connectivity index (χ4v) is 2.07. The molecule has 1 aromatic carbocycles. The Bertz CT molecular complexity index is 708. The van der Waals surface area contributed by atoms with E-state index in [-0.39, 0.29) is 11.4 Å². The van der Waals surface area contributed by atoms with Crippen LogP contribution in [0.15, 0.2) is 34.8 Å². The van der Waals surface area contributed by atoms with Gasteiger partial charge in [-0.2, -0.15) is 13.2 Å². The van der Waals surface area contributed by atoms with Crippen LogP contribution >= 0.6 is 11.3 Å². The van der Waals surface area contributed by atoms with Crippen molar-refractivity contribution < 1.29 is 22.8 Å². The molecule has 0 aliphatic heterocycles. The van der Waals surface area contributed by atoms with Crippen molar-refractivity contribution in [3.05, 3.63) is 51.5 Å². The fraction of sp³-hybridized carbons (Fsp3) is 0.154. The highest BCUT2D eigenvalue weighted by atomic mass is 32.1.